The lowest BCUT2D eigenvalue weighted by atomic mass is 10.2. The standard InChI is InChI=1S/C12H13NO/c1-2-10-8-9-12(14)13(10)11-6-4-3-5-7-11/h2-7,10H,1,8-9H2. The molecule has 1 fully saturated rings. The van der Waals surface area contributed by atoms with Crippen molar-refractivity contribution < 1.29 is 4.79 Å². The summed E-state index contributed by atoms with van der Waals surface area (Å²) in [7, 11) is 0. The van der Waals surface area contributed by atoms with Gasteiger partial charge >= 0.3 is 0 Å². The average Bonchev–Trinajstić information content (AvgIpc) is 2.61. The monoisotopic (exact) mass is 187 g/mol. The first kappa shape index (κ1) is 9.00. The predicted octanol–water partition coefficient (Wildman–Crippen LogP) is 2.37. The maximum atomic E-state index is 11.6. The van der Waals surface area contributed by atoms with Gasteiger partial charge in [-0.2, -0.15) is 0 Å². The minimum absolute atomic E-state index is 0.171. The second-order valence-corrected chi connectivity index (χ2v) is 3.44. The second kappa shape index (κ2) is 3.66. The van der Waals surface area contributed by atoms with Crippen molar-refractivity contribution in [3.8, 4) is 0 Å². The van der Waals surface area contributed by atoms with Gasteiger partial charge in [-0.15, -0.1) is 6.58 Å². The number of amides is 1. The Balaban J connectivity index is 2.32. The van der Waals surface area contributed by atoms with Gasteiger partial charge in [0.2, 0.25) is 5.91 Å². The van der Waals surface area contributed by atoms with E-state index in [0.717, 1.165) is 12.1 Å². The molecule has 0 aliphatic carbocycles. The van der Waals surface area contributed by atoms with Crippen LogP contribution in [0.3, 0.4) is 0 Å². The molecule has 2 nitrogen and oxygen atoms in total. The molecule has 2 rings (SSSR count). The highest BCUT2D eigenvalue weighted by molar-refractivity contribution is 5.96. The molecule has 14 heavy (non-hydrogen) atoms. The van der Waals surface area contributed by atoms with Gasteiger partial charge in [-0.1, -0.05) is 24.3 Å². The van der Waals surface area contributed by atoms with E-state index >= 15 is 0 Å². The Bertz CT molecular complexity index is 345. The number of benzene rings is 1. The van der Waals surface area contributed by atoms with Gasteiger partial charge in [-0.25, -0.2) is 0 Å². The van der Waals surface area contributed by atoms with E-state index in [1.54, 1.807) is 0 Å². The fourth-order valence-electron chi connectivity index (χ4n) is 1.85. The highest BCUT2D eigenvalue weighted by Gasteiger charge is 2.29. The molecule has 1 aliphatic heterocycles. The van der Waals surface area contributed by atoms with Crippen LogP contribution in [0.15, 0.2) is 43.0 Å². The van der Waals surface area contributed by atoms with Crippen molar-refractivity contribution >= 4 is 11.6 Å². The lowest BCUT2D eigenvalue weighted by Gasteiger charge is -2.21. The van der Waals surface area contributed by atoms with Crippen molar-refractivity contribution in [1.29, 1.82) is 0 Å². The van der Waals surface area contributed by atoms with Crippen molar-refractivity contribution in [3.63, 3.8) is 0 Å². The number of hydrogen-bond donors (Lipinski definition) is 0. The minimum atomic E-state index is 0.171. The van der Waals surface area contributed by atoms with E-state index in [0.29, 0.717) is 6.42 Å². The van der Waals surface area contributed by atoms with Crippen LogP contribution in [0, 0.1) is 0 Å². The molecule has 72 valence electrons. The summed E-state index contributed by atoms with van der Waals surface area (Å²) in [5.41, 5.74) is 0.972. The van der Waals surface area contributed by atoms with Gasteiger partial charge in [-0.05, 0) is 18.6 Å². The molecule has 0 N–H and O–H groups in total. The van der Waals surface area contributed by atoms with Gasteiger partial charge in [0, 0.05) is 12.1 Å². The fraction of sp³-hybridized carbons (Fsp3) is 0.250. The zero-order valence-corrected chi connectivity index (χ0v) is 8.02. The molecule has 1 aromatic rings. The van der Waals surface area contributed by atoms with Crippen LogP contribution >= 0.6 is 0 Å². The van der Waals surface area contributed by atoms with Crippen LogP contribution in [0.25, 0.3) is 0 Å². The summed E-state index contributed by atoms with van der Waals surface area (Å²) in [6, 6.07) is 9.93. The zero-order valence-electron chi connectivity index (χ0n) is 8.02. The van der Waals surface area contributed by atoms with Crippen molar-refractivity contribution in [2.45, 2.75) is 18.9 Å². The van der Waals surface area contributed by atoms with Gasteiger partial charge < -0.3 is 4.90 Å². The molecule has 0 spiro atoms. The molecule has 1 amide bonds. The van der Waals surface area contributed by atoms with Crippen molar-refractivity contribution in [2.75, 3.05) is 4.90 Å². The molecule has 1 heterocycles. The number of rotatable bonds is 2. The van der Waals surface area contributed by atoms with Gasteiger partial charge in [0.25, 0.3) is 0 Å². The van der Waals surface area contributed by atoms with E-state index < -0.39 is 0 Å². The maximum Gasteiger partial charge on any atom is 0.227 e. The quantitative estimate of drug-likeness (QED) is 0.651. The third kappa shape index (κ3) is 1.43. The molecule has 0 aromatic heterocycles. The molecule has 0 saturated carbocycles. The molecule has 1 atom stereocenters. The molecule has 1 aliphatic rings. The number of hydrogen-bond acceptors (Lipinski definition) is 1. The van der Waals surface area contributed by atoms with Crippen LogP contribution in [0.4, 0.5) is 5.69 Å². The summed E-state index contributed by atoms with van der Waals surface area (Å²) < 4.78 is 0. The highest BCUT2D eigenvalue weighted by atomic mass is 16.2. The SMILES string of the molecule is C=CC1CCC(=O)N1c1ccccc1. The summed E-state index contributed by atoms with van der Waals surface area (Å²) >= 11 is 0. The van der Waals surface area contributed by atoms with Crippen LogP contribution < -0.4 is 4.90 Å². The third-order valence-corrected chi connectivity index (χ3v) is 2.56. The van der Waals surface area contributed by atoms with Gasteiger partial charge in [0.1, 0.15) is 0 Å². The van der Waals surface area contributed by atoms with E-state index in [-0.39, 0.29) is 11.9 Å². The van der Waals surface area contributed by atoms with Crippen LogP contribution in [0.1, 0.15) is 12.8 Å². The van der Waals surface area contributed by atoms with Crippen molar-refractivity contribution in [3.05, 3.63) is 43.0 Å². The summed E-state index contributed by atoms with van der Waals surface area (Å²) in [6.45, 7) is 3.76. The van der Waals surface area contributed by atoms with E-state index in [1.165, 1.54) is 0 Å². The van der Waals surface area contributed by atoms with Gasteiger partial charge in [0.05, 0.1) is 6.04 Å². The number of carbonyl (C=O) groups excluding carboxylic acids is 1. The third-order valence-electron chi connectivity index (χ3n) is 2.56. The van der Waals surface area contributed by atoms with E-state index in [9.17, 15) is 4.79 Å². The van der Waals surface area contributed by atoms with E-state index in [2.05, 4.69) is 6.58 Å². The van der Waals surface area contributed by atoms with Gasteiger partial charge in [-0.3, -0.25) is 4.79 Å². The highest BCUT2D eigenvalue weighted by Crippen LogP contribution is 2.26. The molecule has 2 heteroatoms. The summed E-state index contributed by atoms with van der Waals surface area (Å²) in [6.07, 6.45) is 3.36. The second-order valence-electron chi connectivity index (χ2n) is 3.44. The molecule has 0 bridgehead atoms. The van der Waals surface area contributed by atoms with Crippen LogP contribution in [0.2, 0.25) is 0 Å². The number of carbonyl (C=O) groups is 1. The number of nitrogens with zero attached hydrogens (tertiary/aromatic N) is 1. The Morgan fingerprint density at radius 2 is 2.07 bits per heavy atom. The molecular formula is C12H13NO. The van der Waals surface area contributed by atoms with E-state index in [4.69, 9.17) is 0 Å². The largest absolute Gasteiger partial charge is 0.306 e. The lowest BCUT2D eigenvalue weighted by Crippen LogP contribution is -2.31. The summed E-state index contributed by atoms with van der Waals surface area (Å²) in [5.74, 6) is 0.195. The Kier molecular flexibility index (Phi) is 2.35. The Morgan fingerprint density at radius 1 is 1.36 bits per heavy atom. The maximum absolute atomic E-state index is 11.6. The Morgan fingerprint density at radius 3 is 2.71 bits per heavy atom. The Labute approximate surface area is 83.8 Å². The number of anilines is 1. The number of para-hydroxylation sites is 1. The first-order chi connectivity index (χ1) is 6.83. The first-order valence-corrected chi connectivity index (χ1v) is 4.82. The topological polar surface area (TPSA) is 20.3 Å². The van der Waals surface area contributed by atoms with Gasteiger partial charge in [0.15, 0.2) is 0 Å². The normalized spacial score (nSPS) is 21.3. The summed E-state index contributed by atoms with van der Waals surface area (Å²) in [4.78, 5) is 13.4. The first-order valence-electron chi connectivity index (χ1n) is 4.82. The van der Waals surface area contributed by atoms with Crippen molar-refractivity contribution in [2.24, 2.45) is 0 Å². The van der Waals surface area contributed by atoms with Crippen LogP contribution in [-0.4, -0.2) is 11.9 Å². The molecule has 1 saturated heterocycles. The molecule has 1 aromatic carbocycles. The average molecular weight is 187 g/mol. The molecular weight excluding hydrogens is 174 g/mol. The predicted molar refractivity (Wildman–Crippen MR) is 57.1 cm³/mol. The van der Waals surface area contributed by atoms with E-state index in [1.807, 2.05) is 41.3 Å². The van der Waals surface area contributed by atoms with Crippen LogP contribution in [-0.2, 0) is 4.79 Å². The minimum Gasteiger partial charge on any atom is -0.306 e. The smallest absolute Gasteiger partial charge is 0.227 e. The fourth-order valence-corrected chi connectivity index (χ4v) is 1.85. The Hall–Kier alpha value is -1.57. The van der Waals surface area contributed by atoms with Crippen molar-refractivity contribution in [1.82, 2.24) is 0 Å². The van der Waals surface area contributed by atoms with Crippen LogP contribution in [0.5, 0.6) is 0 Å². The lowest BCUT2D eigenvalue weighted by molar-refractivity contribution is -0.117. The molecule has 1 unspecified atom stereocenters. The zero-order chi connectivity index (χ0) is 9.97. The molecule has 0 radical (unpaired) electrons. The summed E-state index contributed by atoms with van der Waals surface area (Å²) in [5, 5.41) is 0.